The van der Waals surface area contributed by atoms with Gasteiger partial charge in [-0.25, -0.2) is 4.98 Å². The molecule has 1 spiro atoms. The topological polar surface area (TPSA) is 120 Å². The first kappa shape index (κ1) is 34.4. The third-order valence-electron chi connectivity index (χ3n) is 10.3. The summed E-state index contributed by atoms with van der Waals surface area (Å²) in [6, 6.07) is 0.304. The molecule has 3 saturated heterocycles. The maximum absolute atomic E-state index is 12.1. The molecule has 6 N–H and O–H groups in total. The molecule has 4 aliphatic rings. The lowest BCUT2D eigenvalue weighted by Crippen LogP contribution is -2.70. The van der Waals surface area contributed by atoms with E-state index in [-0.39, 0.29) is 35.0 Å². The molecule has 11 nitrogen and oxygen atoms in total. The first-order chi connectivity index (χ1) is 21.0. The summed E-state index contributed by atoms with van der Waals surface area (Å²) in [4.78, 5) is 11.5. The van der Waals surface area contributed by atoms with Gasteiger partial charge in [0.1, 0.15) is 12.5 Å². The number of aromatic nitrogens is 1. The number of nitrogens with zero attached hydrogens (tertiary/aromatic N) is 4. The van der Waals surface area contributed by atoms with Crippen molar-refractivity contribution in [2.24, 2.45) is 28.6 Å². The van der Waals surface area contributed by atoms with Crippen LogP contribution in [-0.2, 0) is 4.74 Å². The van der Waals surface area contributed by atoms with Crippen LogP contribution in [0.5, 0.6) is 0 Å². The Morgan fingerprint density at radius 3 is 2.61 bits per heavy atom. The number of anilines is 1. The molecule has 0 radical (unpaired) electrons. The van der Waals surface area contributed by atoms with E-state index >= 15 is 0 Å². The number of ether oxygens (including phenoxy) is 1. The smallest absolute Gasteiger partial charge is 0.185 e. The van der Waals surface area contributed by atoms with E-state index in [1.54, 1.807) is 18.4 Å². The van der Waals surface area contributed by atoms with E-state index in [2.05, 4.69) is 75.6 Å². The van der Waals surface area contributed by atoms with Crippen molar-refractivity contribution in [1.82, 2.24) is 36.1 Å². The zero-order valence-corrected chi connectivity index (χ0v) is 28.8. The number of rotatable bonds is 13. The van der Waals surface area contributed by atoms with Gasteiger partial charge in [-0.15, -0.1) is 11.3 Å². The minimum Gasteiger partial charge on any atom is -0.385 e. The van der Waals surface area contributed by atoms with Gasteiger partial charge in [0, 0.05) is 101 Å². The number of hydrogen-bond acceptors (Lipinski definition) is 12. The third-order valence-corrected chi connectivity index (χ3v) is 11.1. The zero-order valence-electron chi connectivity index (χ0n) is 28.0. The largest absolute Gasteiger partial charge is 0.385 e. The molecule has 7 unspecified atom stereocenters. The Balaban J connectivity index is 1.23. The zero-order chi connectivity index (χ0) is 31.5. The molecule has 1 aromatic heterocycles. The van der Waals surface area contributed by atoms with Gasteiger partial charge in [0.25, 0.3) is 0 Å². The number of hydrogen-bond donors (Lipinski definition) is 6. The first-order valence-electron chi connectivity index (χ1n) is 17.0. The Labute approximate surface area is 269 Å². The van der Waals surface area contributed by atoms with Crippen molar-refractivity contribution in [3.8, 4) is 0 Å². The quantitative estimate of drug-likeness (QED) is 0.139. The van der Waals surface area contributed by atoms with Crippen molar-refractivity contribution in [3.63, 3.8) is 0 Å². The van der Waals surface area contributed by atoms with Crippen LogP contribution in [0.25, 0.3) is 0 Å². The van der Waals surface area contributed by atoms with E-state index in [4.69, 9.17) is 4.74 Å². The molecule has 5 rings (SSSR count). The number of aliphatic hydroxyl groups is 2. The monoisotopic (exact) mass is 636 g/mol. The Morgan fingerprint density at radius 2 is 1.95 bits per heavy atom. The highest BCUT2D eigenvalue weighted by molar-refractivity contribution is 7.13. The first-order valence-corrected chi connectivity index (χ1v) is 17.8. The van der Waals surface area contributed by atoms with E-state index in [9.17, 15) is 10.2 Å². The Kier molecular flexibility index (Phi) is 11.6. The highest BCUT2D eigenvalue weighted by atomic mass is 32.1. The van der Waals surface area contributed by atoms with Gasteiger partial charge in [0.2, 0.25) is 0 Å². The van der Waals surface area contributed by atoms with Gasteiger partial charge in [-0.05, 0) is 37.1 Å². The molecule has 0 aromatic carbocycles. The van der Waals surface area contributed by atoms with Crippen molar-refractivity contribution in [2.45, 2.75) is 84.7 Å². The molecule has 1 aromatic rings. The van der Waals surface area contributed by atoms with Crippen LogP contribution in [0.15, 0.2) is 11.6 Å². The number of piperidine rings is 1. The van der Waals surface area contributed by atoms with Crippen LogP contribution in [0, 0.1) is 28.6 Å². The van der Waals surface area contributed by atoms with Gasteiger partial charge in [-0.1, -0.05) is 34.6 Å². The summed E-state index contributed by atoms with van der Waals surface area (Å²) in [6.07, 6.45) is 3.98. The molecule has 8 atom stereocenters. The predicted octanol–water partition coefficient (Wildman–Crippen LogP) is 1.36. The SMILES string of the molecule is COCCCNC1NC(C(C)(C)C)NCC1C(O)N(CC(C)C)C1CC12CNC[C@H](C(O)N1CCN(c3nccs3)CC1)C2. The Hall–Kier alpha value is -0.930. The summed E-state index contributed by atoms with van der Waals surface area (Å²) in [5.41, 5.74) is 0.144. The summed E-state index contributed by atoms with van der Waals surface area (Å²) in [7, 11) is 1.74. The fourth-order valence-corrected chi connectivity index (χ4v) is 8.47. The van der Waals surface area contributed by atoms with Gasteiger partial charge in [0.05, 0.1) is 12.3 Å². The molecule has 12 heteroatoms. The van der Waals surface area contributed by atoms with E-state index in [0.717, 1.165) is 89.9 Å². The number of methoxy groups -OCH3 is 1. The van der Waals surface area contributed by atoms with Crippen LogP contribution in [0.4, 0.5) is 5.13 Å². The van der Waals surface area contributed by atoms with Crippen molar-refractivity contribution in [1.29, 1.82) is 0 Å². The van der Waals surface area contributed by atoms with E-state index in [1.165, 1.54) is 0 Å². The normalized spacial score (nSPS) is 33.3. The summed E-state index contributed by atoms with van der Waals surface area (Å²) in [5.74, 6) is 0.618. The lowest BCUT2D eigenvalue weighted by Gasteiger charge is -2.48. The van der Waals surface area contributed by atoms with Gasteiger partial charge in [-0.2, -0.15) is 0 Å². The summed E-state index contributed by atoms with van der Waals surface area (Å²) >= 11 is 1.68. The number of thiazole rings is 1. The van der Waals surface area contributed by atoms with Gasteiger partial charge >= 0.3 is 0 Å². The Morgan fingerprint density at radius 1 is 1.18 bits per heavy atom. The predicted molar refractivity (Wildman–Crippen MR) is 177 cm³/mol. The standard InChI is InChI=1S/C32H60N8O3S/c1-22(2)20-40(28(42)24-19-36-29(31(3,4)5)37-26(24)34-8-7-14-43-6)25-17-32(25)16-23(18-33-21-32)27(41)38-10-12-39(13-11-38)30-35-9-15-44-30/h9,15,22-29,33-34,36-37,41-42H,7-8,10-14,16-21H2,1-6H3/t23-,24?,25?,26?,27?,28?,29?,32?/m1/s1. The molecule has 1 saturated carbocycles. The molecule has 1 aliphatic carbocycles. The molecule has 3 aliphatic heterocycles. The summed E-state index contributed by atoms with van der Waals surface area (Å²) in [5, 5.41) is 41.8. The highest BCUT2D eigenvalue weighted by Crippen LogP contribution is 2.56. The van der Waals surface area contributed by atoms with E-state index in [0.29, 0.717) is 12.0 Å². The van der Waals surface area contributed by atoms with Crippen molar-refractivity contribution < 1.29 is 14.9 Å². The van der Waals surface area contributed by atoms with Gasteiger partial charge in [0.15, 0.2) is 5.13 Å². The van der Waals surface area contributed by atoms with Crippen LogP contribution in [0.3, 0.4) is 0 Å². The molecule has 0 amide bonds. The summed E-state index contributed by atoms with van der Waals surface area (Å²) in [6.45, 7) is 19.7. The molecule has 4 heterocycles. The van der Waals surface area contributed by atoms with Crippen LogP contribution in [-0.4, -0.2) is 128 Å². The van der Waals surface area contributed by atoms with E-state index < -0.39 is 12.5 Å². The minimum atomic E-state index is -0.577. The Bertz CT molecular complexity index is 1000. The second-order valence-corrected chi connectivity index (χ2v) is 16.1. The number of piperazine rings is 1. The van der Waals surface area contributed by atoms with Crippen LogP contribution >= 0.6 is 11.3 Å². The van der Waals surface area contributed by atoms with Crippen LogP contribution in [0.1, 0.15) is 53.9 Å². The highest BCUT2D eigenvalue weighted by Gasteiger charge is 2.61. The fraction of sp³-hybridized carbons (Fsp3) is 0.906. The van der Waals surface area contributed by atoms with Crippen molar-refractivity contribution >= 4 is 16.5 Å². The average Bonchev–Trinajstić information content (AvgIpc) is 3.39. The third kappa shape index (κ3) is 8.13. The molecule has 252 valence electrons. The molecule has 44 heavy (non-hydrogen) atoms. The lowest BCUT2D eigenvalue weighted by molar-refractivity contribution is -0.0902. The molecular formula is C32H60N8O3S. The van der Waals surface area contributed by atoms with Crippen molar-refractivity contribution in [3.05, 3.63) is 11.6 Å². The maximum atomic E-state index is 12.1. The average molecular weight is 637 g/mol. The molecule has 0 bridgehead atoms. The van der Waals surface area contributed by atoms with Crippen LogP contribution in [0.2, 0.25) is 0 Å². The maximum Gasteiger partial charge on any atom is 0.185 e. The van der Waals surface area contributed by atoms with Gasteiger partial charge in [-0.3, -0.25) is 15.1 Å². The lowest BCUT2D eigenvalue weighted by atomic mass is 9.85. The van der Waals surface area contributed by atoms with Crippen LogP contribution < -0.4 is 26.2 Å². The van der Waals surface area contributed by atoms with E-state index in [1.807, 2.05) is 11.6 Å². The second kappa shape index (κ2) is 14.9. The summed E-state index contributed by atoms with van der Waals surface area (Å²) < 4.78 is 5.29. The molecular weight excluding hydrogens is 576 g/mol. The number of aliphatic hydroxyl groups excluding tert-OH is 2. The second-order valence-electron chi connectivity index (χ2n) is 15.2. The fourth-order valence-electron chi connectivity index (χ4n) is 7.78. The number of nitrogens with one attached hydrogen (secondary N) is 4. The van der Waals surface area contributed by atoms with Crippen molar-refractivity contribution in [2.75, 3.05) is 77.5 Å². The minimum absolute atomic E-state index is 0.000358. The molecule has 4 fully saturated rings. The van der Waals surface area contributed by atoms with Gasteiger partial charge < -0.3 is 35.8 Å².